The standard InChI is InChI=1S/2C7H6F3NS/c2*8-7(9,10)4-1-2-6(12)5(11)3-4/h2*1-3,12H,11H2. The highest BCUT2D eigenvalue weighted by molar-refractivity contribution is 7.80. The molecule has 0 aliphatic rings. The summed E-state index contributed by atoms with van der Waals surface area (Å²) in [5, 5.41) is 0. The van der Waals surface area contributed by atoms with Gasteiger partial charge in [0.2, 0.25) is 0 Å². The Morgan fingerprint density at radius 3 is 1.12 bits per heavy atom. The van der Waals surface area contributed by atoms with Gasteiger partial charge in [-0.15, -0.1) is 25.3 Å². The summed E-state index contributed by atoms with van der Waals surface area (Å²) in [4.78, 5) is 0.700. The van der Waals surface area contributed by atoms with Crippen LogP contribution in [0.5, 0.6) is 0 Å². The first-order chi connectivity index (χ1) is 10.8. The van der Waals surface area contributed by atoms with Gasteiger partial charge in [-0.05, 0) is 36.4 Å². The van der Waals surface area contributed by atoms with Crippen molar-refractivity contribution in [3.63, 3.8) is 0 Å². The molecule has 4 N–H and O–H groups in total. The molecule has 2 aromatic carbocycles. The Labute approximate surface area is 144 Å². The van der Waals surface area contributed by atoms with Crippen LogP contribution in [0.2, 0.25) is 0 Å². The van der Waals surface area contributed by atoms with Gasteiger partial charge >= 0.3 is 12.4 Å². The molecule has 0 amide bonds. The molecule has 0 spiro atoms. The number of nitrogens with two attached hydrogens (primary N) is 2. The molecule has 0 radical (unpaired) electrons. The number of anilines is 2. The van der Waals surface area contributed by atoms with Gasteiger partial charge in [0, 0.05) is 21.2 Å². The van der Waals surface area contributed by atoms with Crippen molar-refractivity contribution in [2.75, 3.05) is 11.5 Å². The van der Waals surface area contributed by atoms with Crippen molar-refractivity contribution in [2.45, 2.75) is 22.1 Å². The maximum absolute atomic E-state index is 12.0. The van der Waals surface area contributed by atoms with Crippen LogP contribution in [0.3, 0.4) is 0 Å². The van der Waals surface area contributed by atoms with Crippen LogP contribution in [0.15, 0.2) is 46.2 Å². The Bertz CT molecular complexity index is 652. The van der Waals surface area contributed by atoms with Gasteiger partial charge in [0.25, 0.3) is 0 Å². The van der Waals surface area contributed by atoms with Crippen molar-refractivity contribution >= 4 is 36.6 Å². The van der Waals surface area contributed by atoms with Gasteiger partial charge < -0.3 is 11.5 Å². The van der Waals surface area contributed by atoms with E-state index < -0.39 is 23.5 Å². The zero-order valence-corrected chi connectivity index (χ0v) is 13.6. The van der Waals surface area contributed by atoms with Crippen molar-refractivity contribution in [3.8, 4) is 0 Å². The van der Waals surface area contributed by atoms with Crippen LogP contribution in [0, 0.1) is 0 Å². The van der Waals surface area contributed by atoms with Gasteiger partial charge in [0.05, 0.1) is 11.1 Å². The summed E-state index contributed by atoms with van der Waals surface area (Å²) in [7, 11) is 0. The molecule has 0 aliphatic carbocycles. The lowest BCUT2D eigenvalue weighted by molar-refractivity contribution is -0.138. The second-order valence-corrected chi connectivity index (χ2v) is 5.51. The van der Waals surface area contributed by atoms with Crippen LogP contribution in [0.1, 0.15) is 11.1 Å². The molecule has 0 aliphatic heterocycles. The fourth-order valence-electron chi connectivity index (χ4n) is 1.46. The van der Waals surface area contributed by atoms with Crippen LogP contribution < -0.4 is 11.5 Å². The van der Waals surface area contributed by atoms with E-state index in [2.05, 4.69) is 25.3 Å². The highest BCUT2D eigenvalue weighted by Gasteiger charge is 2.31. The highest BCUT2D eigenvalue weighted by Crippen LogP contribution is 2.32. The summed E-state index contributed by atoms with van der Waals surface area (Å²) in [5.74, 6) is 0. The third kappa shape index (κ3) is 5.75. The topological polar surface area (TPSA) is 52.0 Å². The Balaban J connectivity index is 0.000000240. The van der Waals surface area contributed by atoms with Gasteiger partial charge in [-0.25, -0.2) is 0 Å². The van der Waals surface area contributed by atoms with Gasteiger partial charge in [-0.1, -0.05) is 0 Å². The Morgan fingerprint density at radius 1 is 0.625 bits per heavy atom. The van der Waals surface area contributed by atoms with Gasteiger partial charge in [0.15, 0.2) is 0 Å². The van der Waals surface area contributed by atoms with E-state index in [9.17, 15) is 26.3 Å². The van der Waals surface area contributed by atoms with Gasteiger partial charge in [-0.2, -0.15) is 26.3 Å². The minimum atomic E-state index is -4.34. The molecule has 132 valence electrons. The summed E-state index contributed by atoms with van der Waals surface area (Å²) >= 11 is 7.70. The van der Waals surface area contributed by atoms with Gasteiger partial charge in [-0.3, -0.25) is 0 Å². The first-order valence-corrected chi connectivity index (χ1v) is 7.03. The maximum Gasteiger partial charge on any atom is 0.416 e. The summed E-state index contributed by atoms with van der Waals surface area (Å²) in [6.45, 7) is 0. The zero-order valence-electron chi connectivity index (χ0n) is 11.8. The van der Waals surface area contributed by atoms with Crippen molar-refractivity contribution < 1.29 is 26.3 Å². The van der Waals surface area contributed by atoms with E-state index in [1.807, 2.05) is 0 Å². The molecule has 0 saturated carbocycles. The molecule has 2 nitrogen and oxygen atoms in total. The predicted molar refractivity (Wildman–Crippen MR) is 86.2 cm³/mol. The van der Waals surface area contributed by atoms with Crippen LogP contribution in [0.4, 0.5) is 37.7 Å². The lowest BCUT2D eigenvalue weighted by Crippen LogP contribution is -2.05. The molecule has 2 aromatic rings. The number of thiol groups is 2. The van der Waals surface area contributed by atoms with E-state index in [0.717, 1.165) is 24.3 Å². The number of hydrogen-bond donors (Lipinski definition) is 4. The summed E-state index contributed by atoms with van der Waals surface area (Å²) in [6.07, 6.45) is -8.68. The molecule has 0 saturated heterocycles. The first kappa shape index (κ1) is 20.4. The molecule has 0 unspecified atom stereocenters. The first-order valence-electron chi connectivity index (χ1n) is 6.13. The minimum Gasteiger partial charge on any atom is -0.398 e. The quantitative estimate of drug-likeness (QED) is 0.287. The average Bonchev–Trinajstić information content (AvgIpc) is 2.43. The Hall–Kier alpha value is -1.68. The smallest absolute Gasteiger partial charge is 0.398 e. The molecule has 0 aromatic heterocycles. The van der Waals surface area contributed by atoms with E-state index in [4.69, 9.17) is 11.5 Å². The summed E-state index contributed by atoms with van der Waals surface area (Å²) in [5.41, 5.74) is 9.05. The molecular weight excluding hydrogens is 374 g/mol. The van der Waals surface area contributed by atoms with Crippen molar-refractivity contribution in [1.82, 2.24) is 0 Å². The van der Waals surface area contributed by atoms with Crippen LogP contribution in [-0.4, -0.2) is 0 Å². The highest BCUT2D eigenvalue weighted by atomic mass is 32.1. The van der Waals surface area contributed by atoms with E-state index >= 15 is 0 Å². The molecule has 0 fully saturated rings. The second kappa shape index (κ2) is 7.47. The minimum absolute atomic E-state index is 0.0353. The number of nitrogen functional groups attached to an aromatic ring is 2. The number of hydrogen-bond acceptors (Lipinski definition) is 4. The number of benzene rings is 2. The van der Waals surface area contributed by atoms with Crippen molar-refractivity contribution in [1.29, 1.82) is 0 Å². The molecule has 0 heterocycles. The molecule has 24 heavy (non-hydrogen) atoms. The number of rotatable bonds is 0. The lowest BCUT2D eigenvalue weighted by atomic mass is 10.2. The van der Waals surface area contributed by atoms with E-state index in [0.29, 0.717) is 9.79 Å². The number of halogens is 6. The molecule has 2 rings (SSSR count). The largest absolute Gasteiger partial charge is 0.416 e. The molecule has 0 bridgehead atoms. The average molecular weight is 386 g/mol. The van der Waals surface area contributed by atoms with Gasteiger partial charge in [0.1, 0.15) is 0 Å². The van der Waals surface area contributed by atoms with Crippen molar-refractivity contribution in [3.05, 3.63) is 47.5 Å². The fraction of sp³-hybridized carbons (Fsp3) is 0.143. The second-order valence-electron chi connectivity index (χ2n) is 4.54. The monoisotopic (exact) mass is 386 g/mol. The predicted octanol–water partition coefficient (Wildman–Crippen LogP) is 5.15. The summed E-state index contributed by atoms with van der Waals surface area (Å²) in [6, 6.07) is 6.06. The summed E-state index contributed by atoms with van der Waals surface area (Å²) < 4.78 is 72.1. The SMILES string of the molecule is Nc1cc(C(F)(F)F)ccc1S.Nc1cc(C(F)(F)F)ccc1S. The molecule has 10 heteroatoms. The molecule has 0 atom stereocenters. The van der Waals surface area contributed by atoms with E-state index in [1.165, 1.54) is 12.1 Å². The van der Waals surface area contributed by atoms with Crippen molar-refractivity contribution in [2.24, 2.45) is 0 Å². The molecular formula is C14H12F6N2S2. The third-order valence-corrected chi connectivity index (χ3v) is 3.52. The van der Waals surface area contributed by atoms with E-state index in [1.54, 1.807) is 0 Å². The lowest BCUT2D eigenvalue weighted by Gasteiger charge is -2.07. The normalized spacial score (nSPS) is 11.7. The Kier molecular flexibility index (Phi) is 6.34. The van der Waals surface area contributed by atoms with Crippen LogP contribution in [-0.2, 0) is 12.4 Å². The maximum atomic E-state index is 12.0. The van der Waals surface area contributed by atoms with E-state index in [-0.39, 0.29) is 11.4 Å². The third-order valence-electron chi connectivity index (χ3n) is 2.71. The zero-order chi connectivity index (χ0) is 18.7. The Morgan fingerprint density at radius 2 is 0.917 bits per heavy atom. The van der Waals surface area contributed by atoms with Crippen LogP contribution >= 0.6 is 25.3 Å². The van der Waals surface area contributed by atoms with Crippen LogP contribution in [0.25, 0.3) is 0 Å². The fourth-order valence-corrected chi connectivity index (χ4v) is 1.74. The number of alkyl halides is 6.